The van der Waals surface area contributed by atoms with Crippen LogP contribution in [0, 0.1) is 0 Å². The molecule has 0 aliphatic rings. The Morgan fingerprint density at radius 2 is 1.91 bits per heavy atom. The zero-order valence-electron chi connectivity index (χ0n) is 13.8. The number of carbonyl (C=O) groups is 1. The predicted octanol–water partition coefficient (Wildman–Crippen LogP) is 2.23. The number of benzene rings is 1. The second-order valence-corrected chi connectivity index (χ2v) is 5.28. The minimum absolute atomic E-state index is 0. The van der Waals surface area contributed by atoms with Crippen molar-refractivity contribution in [2.24, 2.45) is 4.99 Å². The monoisotopic (exact) mass is 418 g/mol. The van der Waals surface area contributed by atoms with E-state index in [1.807, 2.05) is 51.2 Å². The van der Waals surface area contributed by atoms with Gasteiger partial charge in [-0.2, -0.15) is 0 Å². The quantitative estimate of drug-likeness (QED) is 0.423. The molecule has 0 aliphatic carbocycles. The zero-order valence-corrected chi connectivity index (χ0v) is 16.1. The minimum Gasteiger partial charge on any atom is -0.356 e. The molecule has 0 aromatic heterocycles. The van der Waals surface area contributed by atoms with Gasteiger partial charge in [0.05, 0.1) is 0 Å². The van der Waals surface area contributed by atoms with E-state index in [-0.39, 0.29) is 29.9 Å². The van der Waals surface area contributed by atoms with Gasteiger partial charge in [-0.3, -0.25) is 9.79 Å². The molecule has 2 N–H and O–H groups in total. The first kappa shape index (κ1) is 20.7. The Bertz CT molecular complexity index is 462. The van der Waals surface area contributed by atoms with Crippen LogP contribution in [0.25, 0.3) is 0 Å². The average Bonchev–Trinajstić information content (AvgIpc) is 2.46. The summed E-state index contributed by atoms with van der Waals surface area (Å²) in [4.78, 5) is 17.9. The summed E-state index contributed by atoms with van der Waals surface area (Å²) in [5.74, 6) is 0.842. The van der Waals surface area contributed by atoms with Gasteiger partial charge in [0.25, 0.3) is 0 Å². The maximum atomic E-state index is 12.1. The van der Waals surface area contributed by atoms with Crippen molar-refractivity contribution in [3.05, 3.63) is 35.9 Å². The Morgan fingerprint density at radius 1 is 1.27 bits per heavy atom. The maximum absolute atomic E-state index is 12.1. The molecule has 0 radical (unpaired) electrons. The number of guanidine groups is 1. The fraction of sp³-hybridized carbons (Fsp3) is 0.500. The van der Waals surface area contributed by atoms with E-state index in [4.69, 9.17) is 0 Å². The first-order valence-electron chi connectivity index (χ1n) is 7.28. The highest BCUT2D eigenvalue weighted by molar-refractivity contribution is 14.0. The summed E-state index contributed by atoms with van der Waals surface area (Å²) in [6.07, 6.45) is 0.447. The second-order valence-electron chi connectivity index (χ2n) is 5.28. The van der Waals surface area contributed by atoms with Crippen LogP contribution in [-0.4, -0.2) is 43.4 Å². The van der Waals surface area contributed by atoms with Gasteiger partial charge in [0.2, 0.25) is 5.91 Å². The molecule has 5 nitrogen and oxygen atoms in total. The molecule has 1 aromatic carbocycles. The highest BCUT2D eigenvalue weighted by Crippen LogP contribution is 2.03. The third-order valence-electron chi connectivity index (χ3n) is 2.97. The second kappa shape index (κ2) is 11.3. The SMILES string of the molecule is CN=C(NCCC(=O)N(C)Cc1ccccc1)NC(C)C.I. The number of amides is 1. The van der Waals surface area contributed by atoms with Gasteiger partial charge in [0, 0.05) is 39.6 Å². The average molecular weight is 418 g/mol. The summed E-state index contributed by atoms with van der Waals surface area (Å²) in [5.41, 5.74) is 1.14. The van der Waals surface area contributed by atoms with Crippen molar-refractivity contribution in [3.8, 4) is 0 Å². The van der Waals surface area contributed by atoms with E-state index in [0.717, 1.165) is 11.5 Å². The van der Waals surface area contributed by atoms with Crippen molar-refractivity contribution in [1.29, 1.82) is 0 Å². The molecule has 22 heavy (non-hydrogen) atoms. The number of rotatable bonds is 6. The van der Waals surface area contributed by atoms with Crippen molar-refractivity contribution in [2.45, 2.75) is 32.9 Å². The molecule has 0 saturated carbocycles. The number of aliphatic imine (C=N–C) groups is 1. The summed E-state index contributed by atoms with van der Waals surface area (Å²) in [6.45, 7) is 5.31. The molecule has 0 unspecified atom stereocenters. The van der Waals surface area contributed by atoms with E-state index < -0.39 is 0 Å². The van der Waals surface area contributed by atoms with Crippen LogP contribution in [0.15, 0.2) is 35.3 Å². The van der Waals surface area contributed by atoms with E-state index in [9.17, 15) is 4.79 Å². The largest absolute Gasteiger partial charge is 0.356 e. The van der Waals surface area contributed by atoms with E-state index in [1.165, 1.54) is 0 Å². The van der Waals surface area contributed by atoms with Gasteiger partial charge < -0.3 is 15.5 Å². The lowest BCUT2D eigenvalue weighted by Gasteiger charge is -2.18. The van der Waals surface area contributed by atoms with Crippen molar-refractivity contribution in [3.63, 3.8) is 0 Å². The summed E-state index contributed by atoms with van der Waals surface area (Å²) in [7, 11) is 3.55. The van der Waals surface area contributed by atoms with Gasteiger partial charge >= 0.3 is 0 Å². The topological polar surface area (TPSA) is 56.7 Å². The molecular weight excluding hydrogens is 391 g/mol. The van der Waals surface area contributed by atoms with Crippen LogP contribution in [0.2, 0.25) is 0 Å². The lowest BCUT2D eigenvalue weighted by atomic mass is 10.2. The van der Waals surface area contributed by atoms with Crippen LogP contribution in [0.4, 0.5) is 0 Å². The molecule has 0 aliphatic heterocycles. The summed E-state index contributed by atoms with van der Waals surface area (Å²) in [6, 6.07) is 10.3. The van der Waals surface area contributed by atoms with Gasteiger partial charge in [-0.15, -0.1) is 24.0 Å². The van der Waals surface area contributed by atoms with E-state index in [1.54, 1.807) is 11.9 Å². The molecule has 0 heterocycles. The minimum atomic E-state index is 0. The standard InChI is InChI=1S/C16H26N4O.HI/c1-13(2)19-16(17-3)18-11-10-15(21)20(4)12-14-8-6-5-7-9-14;/h5-9,13H,10-12H2,1-4H3,(H2,17,18,19);1H. The number of nitrogens with zero attached hydrogens (tertiary/aromatic N) is 2. The van der Waals surface area contributed by atoms with Gasteiger partial charge in [-0.1, -0.05) is 30.3 Å². The molecule has 0 fully saturated rings. The van der Waals surface area contributed by atoms with E-state index >= 15 is 0 Å². The molecule has 0 spiro atoms. The van der Waals surface area contributed by atoms with Crippen LogP contribution < -0.4 is 10.6 Å². The van der Waals surface area contributed by atoms with Gasteiger partial charge in [-0.25, -0.2) is 0 Å². The third kappa shape index (κ3) is 8.21. The maximum Gasteiger partial charge on any atom is 0.224 e. The lowest BCUT2D eigenvalue weighted by molar-refractivity contribution is -0.130. The van der Waals surface area contributed by atoms with Crippen molar-refractivity contribution >= 4 is 35.8 Å². The van der Waals surface area contributed by atoms with Crippen molar-refractivity contribution in [1.82, 2.24) is 15.5 Å². The molecule has 124 valence electrons. The number of nitrogens with one attached hydrogen (secondary N) is 2. The van der Waals surface area contributed by atoms with Crippen LogP contribution in [0.1, 0.15) is 25.8 Å². The number of hydrogen-bond acceptors (Lipinski definition) is 2. The number of halogens is 1. The highest BCUT2D eigenvalue weighted by atomic mass is 127. The fourth-order valence-corrected chi connectivity index (χ4v) is 1.89. The summed E-state index contributed by atoms with van der Waals surface area (Å²) < 4.78 is 0. The highest BCUT2D eigenvalue weighted by Gasteiger charge is 2.09. The molecule has 6 heteroatoms. The van der Waals surface area contributed by atoms with Crippen LogP contribution in [-0.2, 0) is 11.3 Å². The van der Waals surface area contributed by atoms with E-state index in [2.05, 4.69) is 15.6 Å². The lowest BCUT2D eigenvalue weighted by Crippen LogP contribution is -2.42. The Morgan fingerprint density at radius 3 is 2.45 bits per heavy atom. The Labute approximate surface area is 150 Å². The van der Waals surface area contributed by atoms with Crippen molar-refractivity contribution < 1.29 is 4.79 Å². The normalized spacial score (nSPS) is 10.9. The molecule has 1 aromatic rings. The first-order chi connectivity index (χ1) is 10.0. The van der Waals surface area contributed by atoms with Gasteiger partial charge in [-0.05, 0) is 19.4 Å². The van der Waals surface area contributed by atoms with E-state index in [0.29, 0.717) is 25.6 Å². The Kier molecular flexibility index (Phi) is 10.6. The summed E-state index contributed by atoms with van der Waals surface area (Å²) >= 11 is 0. The molecule has 1 rings (SSSR count). The van der Waals surface area contributed by atoms with Crippen molar-refractivity contribution in [2.75, 3.05) is 20.6 Å². The molecule has 0 saturated heterocycles. The molecule has 1 amide bonds. The third-order valence-corrected chi connectivity index (χ3v) is 2.97. The predicted molar refractivity (Wildman–Crippen MR) is 103 cm³/mol. The number of carbonyl (C=O) groups excluding carboxylic acids is 1. The molecule has 0 bridgehead atoms. The smallest absolute Gasteiger partial charge is 0.224 e. The van der Waals surface area contributed by atoms with Crippen LogP contribution >= 0.6 is 24.0 Å². The first-order valence-corrected chi connectivity index (χ1v) is 7.28. The van der Waals surface area contributed by atoms with Gasteiger partial charge in [0.15, 0.2) is 5.96 Å². The Balaban J connectivity index is 0.00000441. The van der Waals surface area contributed by atoms with Crippen LogP contribution in [0.3, 0.4) is 0 Å². The van der Waals surface area contributed by atoms with Gasteiger partial charge in [0.1, 0.15) is 0 Å². The molecule has 0 atom stereocenters. The number of hydrogen-bond donors (Lipinski definition) is 2. The fourth-order valence-electron chi connectivity index (χ4n) is 1.89. The van der Waals surface area contributed by atoms with Crippen LogP contribution in [0.5, 0.6) is 0 Å². The zero-order chi connectivity index (χ0) is 15.7. The Hall–Kier alpha value is -1.31. The summed E-state index contributed by atoms with van der Waals surface area (Å²) in [5, 5.41) is 6.33. The molecular formula is C16H27IN4O.